The fraction of sp³-hybridized carbons (Fsp3) is 0.133. The van der Waals surface area contributed by atoms with E-state index in [2.05, 4.69) is 24.3 Å². The molecule has 0 bridgehead atoms. The molecule has 0 N–H and O–H groups in total. The molecule has 0 aromatic heterocycles. The van der Waals surface area contributed by atoms with Crippen molar-refractivity contribution >= 4 is 5.78 Å². The number of benzene rings is 1. The van der Waals surface area contributed by atoms with E-state index < -0.39 is 0 Å². The molecule has 1 aromatic carbocycles. The van der Waals surface area contributed by atoms with Crippen LogP contribution < -0.4 is 0 Å². The number of rotatable bonds is 3. The maximum absolute atomic E-state index is 11.8. The zero-order chi connectivity index (χ0) is 11.2. The lowest BCUT2D eigenvalue weighted by Gasteiger charge is -2.04. The van der Waals surface area contributed by atoms with Gasteiger partial charge in [0.05, 0.1) is 0 Å². The molecular formula is C15H14O. The third-order valence-corrected chi connectivity index (χ3v) is 2.52. The Hall–Kier alpha value is -1.89. The number of ketones is 1. The molecular weight excluding hydrogens is 196 g/mol. The Kier molecular flexibility index (Phi) is 3.50. The molecule has 0 spiro atoms. The lowest BCUT2D eigenvalue weighted by molar-refractivity contribution is 0.104. The monoisotopic (exact) mass is 210 g/mol. The lowest BCUT2D eigenvalue weighted by Crippen LogP contribution is -1.96. The second-order valence-electron chi connectivity index (χ2n) is 3.76. The SMILES string of the molecule is O=C(/C=C/C1C=CCC=C1)c1ccccc1. The predicted molar refractivity (Wildman–Crippen MR) is 66.3 cm³/mol. The number of carbonyl (C=O) groups excluding carboxylic acids is 1. The summed E-state index contributed by atoms with van der Waals surface area (Å²) in [5.41, 5.74) is 0.738. The zero-order valence-corrected chi connectivity index (χ0v) is 9.04. The summed E-state index contributed by atoms with van der Waals surface area (Å²) in [6.07, 6.45) is 13.0. The summed E-state index contributed by atoms with van der Waals surface area (Å²) in [5.74, 6) is 0.328. The highest BCUT2D eigenvalue weighted by atomic mass is 16.1. The highest BCUT2D eigenvalue weighted by molar-refractivity contribution is 6.04. The van der Waals surface area contributed by atoms with Gasteiger partial charge in [-0.3, -0.25) is 4.79 Å². The van der Waals surface area contributed by atoms with Crippen LogP contribution in [-0.2, 0) is 0 Å². The molecule has 0 atom stereocenters. The van der Waals surface area contributed by atoms with Crippen molar-refractivity contribution in [1.29, 1.82) is 0 Å². The van der Waals surface area contributed by atoms with E-state index in [1.165, 1.54) is 0 Å². The summed E-state index contributed by atoms with van der Waals surface area (Å²) in [5, 5.41) is 0. The lowest BCUT2D eigenvalue weighted by atomic mass is 10.0. The van der Waals surface area contributed by atoms with Gasteiger partial charge in [0.2, 0.25) is 0 Å². The first-order valence-electron chi connectivity index (χ1n) is 5.47. The van der Waals surface area contributed by atoms with Gasteiger partial charge in [0, 0.05) is 11.5 Å². The first kappa shape index (κ1) is 10.6. The van der Waals surface area contributed by atoms with Crippen LogP contribution in [0.1, 0.15) is 16.8 Å². The topological polar surface area (TPSA) is 17.1 Å². The summed E-state index contributed by atoms with van der Waals surface area (Å²) >= 11 is 0. The van der Waals surface area contributed by atoms with Crippen molar-refractivity contribution in [1.82, 2.24) is 0 Å². The second-order valence-corrected chi connectivity index (χ2v) is 3.76. The standard InChI is InChI=1S/C15H14O/c16-15(14-9-5-2-6-10-14)12-11-13-7-3-1-4-8-13/h2-13H,1H2/b12-11+. The molecule has 1 aliphatic rings. The molecule has 16 heavy (non-hydrogen) atoms. The van der Waals surface area contributed by atoms with Gasteiger partial charge in [-0.15, -0.1) is 0 Å². The minimum atomic E-state index is 0.0629. The number of allylic oxidation sites excluding steroid dienone is 6. The van der Waals surface area contributed by atoms with Gasteiger partial charge < -0.3 is 0 Å². The van der Waals surface area contributed by atoms with Crippen LogP contribution in [-0.4, -0.2) is 5.78 Å². The third kappa shape index (κ3) is 2.80. The van der Waals surface area contributed by atoms with E-state index in [0.29, 0.717) is 0 Å². The average molecular weight is 210 g/mol. The molecule has 1 heteroatoms. The summed E-state index contributed by atoms with van der Waals surface area (Å²) < 4.78 is 0. The minimum Gasteiger partial charge on any atom is -0.289 e. The van der Waals surface area contributed by atoms with Crippen molar-refractivity contribution < 1.29 is 4.79 Å². The summed E-state index contributed by atoms with van der Waals surface area (Å²) in [6, 6.07) is 9.33. The molecule has 0 saturated carbocycles. The number of hydrogen-bond acceptors (Lipinski definition) is 1. The minimum absolute atomic E-state index is 0.0629. The number of carbonyl (C=O) groups is 1. The molecule has 1 aliphatic carbocycles. The zero-order valence-electron chi connectivity index (χ0n) is 9.04. The highest BCUT2D eigenvalue weighted by Gasteiger charge is 2.02. The van der Waals surface area contributed by atoms with Gasteiger partial charge in [-0.05, 0) is 12.5 Å². The van der Waals surface area contributed by atoms with Crippen molar-refractivity contribution in [2.24, 2.45) is 5.92 Å². The average Bonchev–Trinajstić information content (AvgIpc) is 2.38. The van der Waals surface area contributed by atoms with E-state index in [-0.39, 0.29) is 11.7 Å². The Morgan fingerprint density at radius 1 is 1.12 bits per heavy atom. The molecule has 80 valence electrons. The van der Waals surface area contributed by atoms with Gasteiger partial charge in [0.25, 0.3) is 0 Å². The largest absolute Gasteiger partial charge is 0.289 e. The molecule has 1 aromatic rings. The molecule has 0 unspecified atom stereocenters. The van der Waals surface area contributed by atoms with E-state index in [0.717, 1.165) is 12.0 Å². The third-order valence-electron chi connectivity index (χ3n) is 2.52. The molecule has 0 heterocycles. The van der Waals surface area contributed by atoms with Gasteiger partial charge in [-0.2, -0.15) is 0 Å². The van der Waals surface area contributed by atoms with Crippen molar-refractivity contribution in [2.45, 2.75) is 6.42 Å². The predicted octanol–water partition coefficient (Wildman–Crippen LogP) is 3.56. The molecule has 2 rings (SSSR count). The van der Waals surface area contributed by atoms with Crippen LogP contribution in [0, 0.1) is 5.92 Å². The van der Waals surface area contributed by atoms with Crippen LogP contribution in [0.15, 0.2) is 66.8 Å². The first-order chi connectivity index (χ1) is 7.86. The van der Waals surface area contributed by atoms with E-state index in [9.17, 15) is 4.79 Å². The summed E-state index contributed by atoms with van der Waals surface area (Å²) in [7, 11) is 0. The van der Waals surface area contributed by atoms with Gasteiger partial charge in [-0.1, -0.05) is 60.7 Å². The van der Waals surface area contributed by atoms with E-state index in [4.69, 9.17) is 0 Å². The summed E-state index contributed by atoms with van der Waals surface area (Å²) in [6.45, 7) is 0. The van der Waals surface area contributed by atoms with Crippen LogP contribution in [0.3, 0.4) is 0 Å². The highest BCUT2D eigenvalue weighted by Crippen LogP contribution is 2.11. The van der Waals surface area contributed by atoms with E-state index >= 15 is 0 Å². The van der Waals surface area contributed by atoms with Crippen LogP contribution >= 0.6 is 0 Å². The van der Waals surface area contributed by atoms with Crippen LogP contribution in [0.2, 0.25) is 0 Å². The van der Waals surface area contributed by atoms with Crippen LogP contribution in [0.5, 0.6) is 0 Å². The Morgan fingerprint density at radius 2 is 1.81 bits per heavy atom. The van der Waals surface area contributed by atoms with Crippen molar-refractivity contribution in [3.8, 4) is 0 Å². The smallest absolute Gasteiger partial charge is 0.185 e. The Bertz CT molecular complexity index is 426. The maximum atomic E-state index is 11.8. The molecule has 0 saturated heterocycles. The van der Waals surface area contributed by atoms with Crippen molar-refractivity contribution in [2.75, 3.05) is 0 Å². The first-order valence-corrected chi connectivity index (χ1v) is 5.47. The van der Waals surface area contributed by atoms with Crippen molar-refractivity contribution in [3.05, 3.63) is 72.4 Å². The van der Waals surface area contributed by atoms with E-state index in [1.54, 1.807) is 6.08 Å². The van der Waals surface area contributed by atoms with Gasteiger partial charge in [-0.25, -0.2) is 0 Å². The molecule has 0 fully saturated rings. The normalized spacial score (nSPS) is 15.8. The Balaban J connectivity index is 2.02. The fourth-order valence-corrected chi connectivity index (χ4v) is 1.64. The van der Waals surface area contributed by atoms with Crippen molar-refractivity contribution in [3.63, 3.8) is 0 Å². The Morgan fingerprint density at radius 3 is 2.50 bits per heavy atom. The van der Waals surface area contributed by atoms with E-state index in [1.807, 2.05) is 36.4 Å². The quantitative estimate of drug-likeness (QED) is 0.423. The molecule has 0 aliphatic heterocycles. The maximum Gasteiger partial charge on any atom is 0.185 e. The van der Waals surface area contributed by atoms with Crippen LogP contribution in [0.25, 0.3) is 0 Å². The second kappa shape index (κ2) is 5.26. The number of hydrogen-bond donors (Lipinski definition) is 0. The molecule has 1 nitrogen and oxygen atoms in total. The molecule has 0 amide bonds. The molecule has 0 radical (unpaired) electrons. The summed E-state index contributed by atoms with van der Waals surface area (Å²) in [4.78, 5) is 11.8. The fourth-order valence-electron chi connectivity index (χ4n) is 1.64. The Labute approximate surface area is 95.8 Å². The van der Waals surface area contributed by atoms with Gasteiger partial charge in [0.1, 0.15) is 0 Å². The van der Waals surface area contributed by atoms with Gasteiger partial charge in [0.15, 0.2) is 5.78 Å². The van der Waals surface area contributed by atoms with Gasteiger partial charge >= 0.3 is 0 Å². The van der Waals surface area contributed by atoms with Crippen LogP contribution in [0.4, 0.5) is 0 Å².